The molecule has 2 aromatic rings. The summed E-state index contributed by atoms with van der Waals surface area (Å²) in [5.41, 5.74) is 1.67. The molecule has 1 aromatic carbocycles. The van der Waals surface area contributed by atoms with Gasteiger partial charge in [0.1, 0.15) is 5.69 Å². The van der Waals surface area contributed by atoms with Crippen LogP contribution in [0.4, 0.5) is 0 Å². The highest BCUT2D eigenvalue weighted by Gasteiger charge is 2.57. The molecule has 3 fully saturated rings. The number of aryl methyl sites for hydroxylation is 1. The molecule has 34 heavy (non-hydrogen) atoms. The lowest BCUT2D eigenvalue weighted by Crippen LogP contribution is -2.48. The lowest BCUT2D eigenvalue weighted by Gasteiger charge is -2.30. The van der Waals surface area contributed by atoms with Gasteiger partial charge in [0, 0.05) is 44.9 Å². The maximum atomic E-state index is 13.3. The Bertz CT molecular complexity index is 1060. The van der Waals surface area contributed by atoms with Gasteiger partial charge in [-0.05, 0) is 25.0 Å². The Kier molecular flexibility index (Phi) is 7.26. The number of para-hydroxylation sites is 2. The standard InChI is InChI=1S/C23H28N4O4.CH2O2/c1-30-21-19(24-17-6-2-3-7-18(17)25-21)8-9-20(28)27-12-16-13-31-15-23(16,14-27)22(29)26-10-4-5-11-26;2-1-3/h2-3,6-7,16H,4-5,8-15H2,1H3;1H,(H,2,3)/t16-,23-;/m0./s1. The van der Waals surface area contributed by atoms with E-state index < -0.39 is 5.41 Å². The summed E-state index contributed by atoms with van der Waals surface area (Å²) >= 11 is 0. The van der Waals surface area contributed by atoms with E-state index in [0.717, 1.165) is 37.0 Å². The second-order valence-corrected chi connectivity index (χ2v) is 8.92. The van der Waals surface area contributed by atoms with E-state index in [0.29, 0.717) is 50.7 Å². The first kappa shape index (κ1) is 23.9. The van der Waals surface area contributed by atoms with Gasteiger partial charge in [-0.15, -0.1) is 0 Å². The molecule has 0 aliphatic carbocycles. The lowest BCUT2D eigenvalue weighted by atomic mass is 9.79. The average molecular weight is 471 g/mol. The zero-order valence-electron chi connectivity index (χ0n) is 19.3. The molecule has 3 aliphatic rings. The SMILES string of the molecule is COc1nc2ccccc2nc1CCC(=O)N1C[C@H]2COC[C@@]2(C(=O)N2CCCC2)C1.O=CO. The molecular formula is C24H30N4O6. The number of benzene rings is 1. The fourth-order valence-corrected chi connectivity index (χ4v) is 5.19. The molecule has 0 unspecified atom stereocenters. The molecule has 3 aliphatic heterocycles. The molecule has 1 aromatic heterocycles. The van der Waals surface area contributed by atoms with E-state index in [2.05, 4.69) is 9.97 Å². The van der Waals surface area contributed by atoms with E-state index >= 15 is 0 Å². The third kappa shape index (κ3) is 4.54. The van der Waals surface area contributed by atoms with Crippen molar-refractivity contribution in [2.24, 2.45) is 11.3 Å². The second-order valence-electron chi connectivity index (χ2n) is 8.92. The van der Waals surface area contributed by atoms with Crippen LogP contribution in [-0.4, -0.2) is 89.7 Å². The molecule has 10 nitrogen and oxygen atoms in total. The third-order valence-electron chi connectivity index (χ3n) is 6.92. The molecule has 0 saturated carbocycles. The monoisotopic (exact) mass is 470 g/mol. The van der Waals surface area contributed by atoms with Crippen molar-refractivity contribution in [1.29, 1.82) is 0 Å². The second kappa shape index (κ2) is 10.3. The quantitative estimate of drug-likeness (QED) is 0.650. The smallest absolute Gasteiger partial charge is 0.290 e. The molecule has 0 radical (unpaired) electrons. The molecule has 0 spiro atoms. The first-order chi connectivity index (χ1) is 16.5. The van der Waals surface area contributed by atoms with Gasteiger partial charge in [0.15, 0.2) is 0 Å². The maximum absolute atomic E-state index is 13.3. The first-order valence-electron chi connectivity index (χ1n) is 11.5. The molecule has 2 amide bonds. The van der Waals surface area contributed by atoms with Crippen LogP contribution >= 0.6 is 0 Å². The van der Waals surface area contributed by atoms with Crippen LogP contribution in [0.5, 0.6) is 5.88 Å². The van der Waals surface area contributed by atoms with E-state index in [9.17, 15) is 9.59 Å². The van der Waals surface area contributed by atoms with Crippen molar-refractivity contribution >= 4 is 29.3 Å². The van der Waals surface area contributed by atoms with Gasteiger partial charge in [-0.2, -0.15) is 0 Å². The van der Waals surface area contributed by atoms with Gasteiger partial charge in [-0.25, -0.2) is 9.97 Å². The summed E-state index contributed by atoms with van der Waals surface area (Å²) in [5, 5.41) is 6.89. The van der Waals surface area contributed by atoms with Crippen molar-refractivity contribution in [2.75, 3.05) is 46.5 Å². The van der Waals surface area contributed by atoms with Gasteiger partial charge in [-0.1, -0.05) is 12.1 Å². The average Bonchev–Trinajstić information content (AvgIpc) is 3.58. The number of nitrogens with zero attached hydrogens (tertiary/aromatic N) is 4. The van der Waals surface area contributed by atoms with E-state index in [1.54, 1.807) is 7.11 Å². The van der Waals surface area contributed by atoms with Crippen molar-refractivity contribution in [2.45, 2.75) is 25.7 Å². The number of ether oxygens (including phenoxy) is 2. The highest BCUT2D eigenvalue weighted by molar-refractivity contribution is 5.86. The van der Waals surface area contributed by atoms with Crippen LogP contribution in [-0.2, 0) is 25.5 Å². The summed E-state index contributed by atoms with van der Waals surface area (Å²) in [5.74, 6) is 0.753. The van der Waals surface area contributed by atoms with Crippen LogP contribution in [0.3, 0.4) is 0 Å². The van der Waals surface area contributed by atoms with Crippen LogP contribution in [0.25, 0.3) is 11.0 Å². The molecule has 5 rings (SSSR count). The largest absolute Gasteiger partial charge is 0.483 e. The number of aromatic nitrogens is 2. The number of likely N-dealkylation sites (tertiary alicyclic amines) is 2. The molecule has 3 saturated heterocycles. The molecule has 182 valence electrons. The fraction of sp³-hybridized carbons (Fsp3) is 0.542. The van der Waals surface area contributed by atoms with Crippen molar-refractivity contribution in [3.8, 4) is 5.88 Å². The van der Waals surface area contributed by atoms with E-state index in [1.807, 2.05) is 34.1 Å². The molecule has 2 atom stereocenters. The fourth-order valence-electron chi connectivity index (χ4n) is 5.19. The predicted octanol–water partition coefficient (Wildman–Crippen LogP) is 1.37. The van der Waals surface area contributed by atoms with Crippen LogP contribution in [0.15, 0.2) is 24.3 Å². The minimum Gasteiger partial charge on any atom is -0.483 e. The highest BCUT2D eigenvalue weighted by atomic mass is 16.5. The number of methoxy groups -OCH3 is 1. The molecule has 10 heteroatoms. The number of carboxylic acid groups (broad SMARTS) is 1. The number of rotatable bonds is 5. The van der Waals surface area contributed by atoms with E-state index in [-0.39, 0.29) is 24.2 Å². The lowest BCUT2D eigenvalue weighted by molar-refractivity contribution is -0.142. The number of hydrogen-bond donors (Lipinski definition) is 1. The van der Waals surface area contributed by atoms with Crippen molar-refractivity contribution in [3.05, 3.63) is 30.0 Å². The summed E-state index contributed by atoms with van der Waals surface area (Å²) in [6, 6.07) is 7.62. The molecule has 1 N–H and O–H groups in total. The Morgan fingerprint density at radius 2 is 1.88 bits per heavy atom. The number of carbonyl (C=O) groups excluding carboxylic acids is 2. The Morgan fingerprint density at radius 3 is 2.56 bits per heavy atom. The predicted molar refractivity (Wildman–Crippen MR) is 122 cm³/mol. The summed E-state index contributed by atoms with van der Waals surface area (Å²) < 4.78 is 11.1. The van der Waals surface area contributed by atoms with Crippen LogP contribution in [0.2, 0.25) is 0 Å². The van der Waals surface area contributed by atoms with Crippen LogP contribution in [0, 0.1) is 11.3 Å². The number of amides is 2. The summed E-state index contributed by atoms with van der Waals surface area (Å²) in [6.45, 7) is 3.39. The number of fused-ring (bicyclic) bond motifs is 2. The minimum absolute atomic E-state index is 0.0417. The highest BCUT2D eigenvalue weighted by Crippen LogP contribution is 2.43. The zero-order valence-corrected chi connectivity index (χ0v) is 19.3. The number of hydrogen-bond acceptors (Lipinski definition) is 7. The zero-order chi connectivity index (χ0) is 24.1. The summed E-state index contributed by atoms with van der Waals surface area (Å²) in [6.07, 6.45) is 2.88. The van der Waals surface area contributed by atoms with Crippen LogP contribution < -0.4 is 4.74 Å². The maximum Gasteiger partial charge on any atom is 0.290 e. The summed E-state index contributed by atoms with van der Waals surface area (Å²) in [7, 11) is 1.57. The third-order valence-corrected chi connectivity index (χ3v) is 6.92. The van der Waals surface area contributed by atoms with Gasteiger partial charge in [-0.3, -0.25) is 14.4 Å². The Labute approximate surface area is 197 Å². The molecular weight excluding hydrogens is 440 g/mol. The Morgan fingerprint density at radius 1 is 1.21 bits per heavy atom. The van der Waals surface area contributed by atoms with Gasteiger partial charge >= 0.3 is 0 Å². The molecule has 4 heterocycles. The van der Waals surface area contributed by atoms with Crippen LogP contribution in [0.1, 0.15) is 25.0 Å². The Hall–Kier alpha value is -3.27. The first-order valence-corrected chi connectivity index (χ1v) is 11.5. The number of carbonyl (C=O) groups is 3. The molecule has 0 bridgehead atoms. The van der Waals surface area contributed by atoms with Gasteiger partial charge in [0.05, 0.1) is 36.8 Å². The van der Waals surface area contributed by atoms with E-state index in [4.69, 9.17) is 19.4 Å². The van der Waals surface area contributed by atoms with Crippen molar-refractivity contribution < 1.29 is 29.0 Å². The van der Waals surface area contributed by atoms with Gasteiger partial charge < -0.3 is 24.4 Å². The van der Waals surface area contributed by atoms with Gasteiger partial charge in [0.25, 0.3) is 6.47 Å². The summed E-state index contributed by atoms with van der Waals surface area (Å²) in [4.78, 5) is 47.7. The normalized spacial score (nSPS) is 23.4. The Balaban J connectivity index is 0.000000868. The van der Waals surface area contributed by atoms with Gasteiger partial charge in [0.2, 0.25) is 17.7 Å². The van der Waals surface area contributed by atoms with E-state index in [1.165, 1.54) is 0 Å². The van der Waals surface area contributed by atoms with Crippen molar-refractivity contribution in [1.82, 2.24) is 19.8 Å². The van der Waals surface area contributed by atoms with Crippen molar-refractivity contribution in [3.63, 3.8) is 0 Å². The topological polar surface area (TPSA) is 122 Å². The minimum atomic E-state index is -0.569.